The molecule has 39 valence electrons. The Morgan fingerprint density at radius 1 is 2.00 bits per heavy atom. The number of nitrogens with zero attached hydrogens (tertiary/aromatic N) is 2. The molecule has 1 radical (unpaired) electrons. The van der Waals surface area contributed by atoms with Crippen molar-refractivity contribution in [3.8, 4) is 0 Å². The van der Waals surface area contributed by atoms with Gasteiger partial charge in [-0.1, -0.05) is 11.8 Å². The van der Waals surface area contributed by atoms with Crippen LogP contribution in [0.1, 0.15) is 0 Å². The molecular formula is C4H7N2S. The molecule has 0 fully saturated rings. The largest absolute Gasteiger partial charge is 0.286 e. The van der Waals surface area contributed by atoms with E-state index in [9.17, 15) is 0 Å². The quantitative estimate of drug-likeness (QED) is 0.463. The molecule has 0 spiro atoms. The summed E-state index contributed by atoms with van der Waals surface area (Å²) in [5.74, 6) is 0. The molecule has 1 unspecified atom stereocenters. The van der Waals surface area contributed by atoms with Crippen LogP contribution in [0.5, 0.6) is 0 Å². The van der Waals surface area contributed by atoms with Crippen LogP contribution in [-0.2, 0) is 0 Å². The fourth-order valence-corrected chi connectivity index (χ4v) is 0.908. The zero-order valence-electron chi connectivity index (χ0n) is 4.16. The fourth-order valence-electron chi connectivity index (χ4n) is 0.334. The minimum atomic E-state index is 0.292. The van der Waals surface area contributed by atoms with Gasteiger partial charge in [-0.3, -0.25) is 5.01 Å². The van der Waals surface area contributed by atoms with Crippen LogP contribution in [-0.4, -0.2) is 23.0 Å². The minimum Gasteiger partial charge on any atom is -0.286 e. The molecule has 0 aromatic carbocycles. The Balaban J connectivity index is 2.45. The van der Waals surface area contributed by atoms with Crippen molar-refractivity contribution < 1.29 is 0 Å². The molecular weight excluding hydrogens is 108 g/mol. The van der Waals surface area contributed by atoms with Gasteiger partial charge in [-0.05, 0) is 6.92 Å². The van der Waals surface area contributed by atoms with Crippen LogP contribution in [0, 0.1) is 6.92 Å². The maximum absolute atomic E-state index is 3.93. The van der Waals surface area contributed by atoms with Gasteiger partial charge < -0.3 is 0 Å². The van der Waals surface area contributed by atoms with E-state index in [2.05, 4.69) is 12.0 Å². The molecule has 0 saturated heterocycles. The van der Waals surface area contributed by atoms with E-state index in [0.717, 1.165) is 0 Å². The summed E-state index contributed by atoms with van der Waals surface area (Å²) < 4.78 is 0. The van der Waals surface area contributed by atoms with Crippen LogP contribution in [0.3, 0.4) is 0 Å². The minimum absolute atomic E-state index is 0.292. The lowest BCUT2D eigenvalue weighted by Crippen LogP contribution is -2.14. The SMILES string of the molecule is [CH2]C1SC=NN1C. The van der Waals surface area contributed by atoms with E-state index < -0.39 is 0 Å². The average molecular weight is 115 g/mol. The number of rotatable bonds is 0. The molecule has 0 bridgehead atoms. The van der Waals surface area contributed by atoms with Gasteiger partial charge in [0, 0.05) is 7.05 Å². The van der Waals surface area contributed by atoms with Crippen LogP contribution in [0.15, 0.2) is 5.10 Å². The van der Waals surface area contributed by atoms with Gasteiger partial charge in [0.25, 0.3) is 0 Å². The molecule has 1 heterocycles. The van der Waals surface area contributed by atoms with E-state index in [1.165, 1.54) is 0 Å². The molecule has 0 saturated carbocycles. The Kier molecular flexibility index (Phi) is 1.23. The normalized spacial score (nSPS) is 29.4. The van der Waals surface area contributed by atoms with Gasteiger partial charge in [-0.25, -0.2) is 0 Å². The predicted octanol–water partition coefficient (Wildman–Crippen LogP) is 0.768. The number of hydrogen-bond donors (Lipinski definition) is 0. The van der Waals surface area contributed by atoms with E-state index in [0.29, 0.717) is 5.37 Å². The lowest BCUT2D eigenvalue weighted by Gasteiger charge is -2.10. The molecule has 0 aliphatic carbocycles. The monoisotopic (exact) mass is 115 g/mol. The van der Waals surface area contributed by atoms with Crippen LogP contribution in [0.4, 0.5) is 0 Å². The van der Waals surface area contributed by atoms with Gasteiger partial charge in [0.1, 0.15) is 0 Å². The van der Waals surface area contributed by atoms with Gasteiger partial charge in [-0.15, -0.1) is 0 Å². The summed E-state index contributed by atoms with van der Waals surface area (Å²) in [7, 11) is 1.91. The van der Waals surface area contributed by atoms with Crippen molar-refractivity contribution in [1.29, 1.82) is 0 Å². The summed E-state index contributed by atoms with van der Waals surface area (Å²) in [4.78, 5) is 0. The fraction of sp³-hybridized carbons (Fsp3) is 0.500. The van der Waals surface area contributed by atoms with E-state index in [-0.39, 0.29) is 0 Å². The third kappa shape index (κ3) is 0.881. The topological polar surface area (TPSA) is 15.6 Å². The number of hydrogen-bond acceptors (Lipinski definition) is 3. The van der Waals surface area contributed by atoms with Crippen molar-refractivity contribution in [3.05, 3.63) is 6.92 Å². The third-order valence-electron chi connectivity index (χ3n) is 0.864. The molecule has 0 N–H and O–H groups in total. The molecule has 1 rings (SSSR count). The second kappa shape index (κ2) is 1.74. The van der Waals surface area contributed by atoms with Crippen LogP contribution < -0.4 is 0 Å². The first kappa shape index (κ1) is 4.97. The molecule has 1 aliphatic rings. The molecule has 2 nitrogen and oxygen atoms in total. The second-order valence-corrected chi connectivity index (χ2v) is 2.41. The van der Waals surface area contributed by atoms with Crippen molar-refractivity contribution in [3.63, 3.8) is 0 Å². The van der Waals surface area contributed by atoms with Gasteiger partial charge in [0.05, 0.1) is 10.9 Å². The summed E-state index contributed by atoms with van der Waals surface area (Å²) >= 11 is 1.63. The predicted molar refractivity (Wildman–Crippen MR) is 33.0 cm³/mol. The zero-order valence-corrected chi connectivity index (χ0v) is 4.98. The highest BCUT2D eigenvalue weighted by Crippen LogP contribution is 2.16. The van der Waals surface area contributed by atoms with Crippen molar-refractivity contribution in [2.24, 2.45) is 5.10 Å². The Morgan fingerprint density at radius 2 is 2.71 bits per heavy atom. The summed E-state index contributed by atoms with van der Waals surface area (Å²) in [5, 5.41) is 6.04. The first-order chi connectivity index (χ1) is 3.30. The highest BCUT2D eigenvalue weighted by molar-refractivity contribution is 8.12. The lowest BCUT2D eigenvalue weighted by molar-refractivity contribution is 0.378. The Labute approximate surface area is 47.6 Å². The molecule has 1 aliphatic heterocycles. The van der Waals surface area contributed by atoms with Crippen molar-refractivity contribution in [2.75, 3.05) is 7.05 Å². The maximum atomic E-state index is 3.93. The third-order valence-corrected chi connectivity index (χ3v) is 1.70. The molecule has 0 amide bonds. The summed E-state index contributed by atoms with van der Waals surface area (Å²) in [6.07, 6.45) is 0. The van der Waals surface area contributed by atoms with Crippen LogP contribution in [0.25, 0.3) is 0 Å². The molecule has 3 heteroatoms. The standard InChI is InChI=1S/C4H7N2S/c1-4-6(2)5-3-7-4/h3-4H,1H2,2H3. The van der Waals surface area contributed by atoms with Crippen LogP contribution >= 0.6 is 11.8 Å². The first-order valence-electron chi connectivity index (χ1n) is 2.04. The van der Waals surface area contributed by atoms with Crippen LogP contribution in [0.2, 0.25) is 0 Å². The first-order valence-corrected chi connectivity index (χ1v) is 2.99. The Hall–Kier alpha value is -0.180. The van der Waals surface area contributed by atoms with E-state index >= 15 is 0 Å². The second-order valence-electron chi connectivity index (χ2n) is 1.39. The zero-order chi connectivity index (χ0) is 5.28. The van der Waals surface area contributed by atoms with Crippen molar-refractivity contribution >= 4 is 17.3 Å². The average Bonchev–Trinajstić information content (AvgIpc) is 1.91. The molecule has 7 heavy (non-hydrogen) atoms. The van der Waals surface area contributed by atoms with Crippen molar-refractivity contribution in [1.82, 2.24) is 5.01 Å². The lowest BCUT2D eigenvalue weighted by atomic mass is 10.7. The molecule has 1 atom stereocenters. The van der Waals surface area contributed by atoms with Gasteiger partial charge in [0.2, 0.25) is 0 Å². The van der Waals surface area contributed by atoms with E-state index in [4.69, 9.17) is 0 Å². The summed E-state index contributed by atoms with van der Waals surface area (Å²) in [6.45, 7) is 3.78. The summed E-state index contributed by atoms with van der Waals surface area (Å²) in [5.41, 5.74) is 1.80. The number of thioether (sulfide) groups is 1. The smallest absolute Gasteiger partial charge is 0.0975 e. The Bertz CT molecular complexity index is 91.7. The highest BCUT2D eigenvalue weighted by Gasteiger charge is 2.09. The van der Waals surface area contributed by atoms with Crippen molar-refractivity contribution in [2.45, 2.75) is 5.37 Å². The molecule has 0 aromatic rings. The van der Waals surface area contributed by atoms with Gasteiger partial charge >= 0.3 is 0 Å². The van der Waals surface area contributed by atoms with E-state index in [1.54, 1.807) is 17.3 Å². The summed E-state index contributed by atoms with van der Waals surface area (Å²) in [6, 6.07) is 0. The van der Waals surface area contributed by atoms with Gasteiger partial charge in [0.15, 0.2) is 0 Å². The number of hydrazone groups is 1. The Morgan fingerprint density at radius 3 is 2.86 bits per heavy atom. The highest BCUT2D eigenvalue weighted by atomic mass is 32.2. The van der Waals surface area contributed by atoms with Gasteiger partial charge in [-0.2, -0.15) is 5.10 Å². The van der Waals surface area contributed by atoms with E-state index in [1.807, 2.05) is 12.1 Å². The molecule has 0 aromatic heterocycles. The maximum Gasteiger partial charge on any atom is 0.0975 e.